The van der Waals surface area contributed by atoms with Crippen LogP contribution >= 0.6 is 13.5 Å². The molecule has 4 heterocycles. The monoisotopic (exact) mass is 510 g/mol. The van der Waals surface area contributed by atoms with E-state index in [0.717, 1.165) is 11.1 Å². The molecule has 1 aromatic carbocycles. The average molecular weight is 511 g/mol. The summed E-state index contributed by atoms with van der Waals surface area (Å²) in [7, 11) is 4.77. The Kier molecular flexibility index (Phi) is 7.30. The molecule has 4 aromatic rings. The third-order valence-electron chi connectivity index (χ3n) is 6.07. The molecule has 5 rings (SSSR count). The van der Waals surface area contributed by atoms with Crippen molar-refractivity contribution in [2.24, 2.45) is 7.05 Å². The highest BCUT2D eigenvalue weighted by Gasteiger charge is 2.27. The van der Waals surface area contributed by atoms with Crippen LogP contribution in [-0.4, -0.2) is 52.5 Å². The minimum Gasteiger partial charge on any atom is -0.497 e. The molecule has 0 bridgehead atoms. The molecule has 36 heavy (non-hydrogen) atoms. The largest absolute Gasteiger partial charge is 0.497 e. The fourth-order valence-corrected chi connectivity index (χ4v) is 4.25. The van der Waals surface area contributed by atoms with Crippen molar-refractivity contribution < 1.29 is 18.7 Å². The van der Waals surface area contributed by atoms with Gasteiger partial charge in [0.05, 0.1) is 37.1 Å². The minimum absolute atomic E-state index is 0. The predicted octanol–water partition coefficient (Wildman–Crippen LogP) is 3.72. The number of hydrogen-bond donors (Lipinski definition) is 1. The molecule has 1 fully saturated rings. The first-order chi connectivity index (χ1) is 16.9. The van der Waals surface area contributed by atoms with Gasteiger partial charge >= 0.3 is 0 Å². The lowest BCUT2D eigenvalue weighted by Crippen LogP contribution is -2.37. The molecule has 1 N–H and O–H groups in total. The summed E-state index contributed by atoms with van der Waals surface area (Å²) >= 11 is 0. The Morgan fingerprint density at radius 1 is 1.14 bits per heavy atom. The average Bonchev–Trinajstić information content (AvgIpc) is 3.50. The van der Waals surface area contributed by atoms with Crippen molar-refractivity contribution in [2.75, 3.05) is 25.7 Å². The molecular weight excluding hydrogens is 483 g/mol. The summed E-state index contributed by atoms with van der Waals surface area (Å²) in [6.07, 6.45) is 6.53. The Labute approximate surface area is 214 Å². The molecule has 1 atom stereocenters. The summed E-state index contributed by atoms with van der Waals surface area (Å²) in [4.78, 5) is 23.0. The van der Waals surface area contributed by atoms with Gasteiger partial charge in [0.15, 0.2) is 11.6 Å². The van der Waals surface area contributed by atoms with Crippen LogP contribution in [0.4, 0.5) is 15.9 Å². The molecule has 3 aromatic heterocycles. The van der Waals surface area contributed by atoms with Gasteiger partial charge in [-0.05, 0) is 24.6 Å². The normalized spacial score (nSPS) is 14.9. The van der Waals surface area contributed by atoms with E-state index in [0.29, 0.717) is 42.0 Å². The second-order valence-corrected chi connectivity index (χ2v) is 8.41. The number of benzene rings is 1. The second kappa shape index (κ2) is 10.4. The number of pyridine rings is 2. The van der Waals surface area contributed by atoms with E-state index in [2.05, 4.69) is 15.4 Å². The van der Waals surface area contributed by atoms with Crippen LogP contribution in [0.2, 0.25) is 0 Å². The molecule has 0 spiro atoms. The van der Waals surface area contributed by atoms with Gasteiger partial charge in [-0.2, -0.15) is 18.6 Å². The number of aryl methyl sites for hydroxylation is 1. The number of hydrogen-bond acceptors (Lipinski definition) is 7. The third-order valence-corrected chi connectivity index (χ3v) is 6.07. The maximum absolute atomic E-state index is 15.5. The van der Waals surface area contributed by atoms with Crippen LogP contribution in [0.5, 0.6) is 11.5 Å². The van der Waals surface area contributed by atoms with E-state index < -0.39 is 5.82 Å². The topological polar surface area (TPSA) is 94.4 Å². The van der Waals surface area contributed by atoms with Gasteiger partial charge in [0.25, 0.3) is 0 Å². The summed E-state index contributed by atoms with van der Waals surface area (Å²) in [5.74, 6) is 0.455. The quantitative estimate of drug-likeness (QED) is 0.405. The molecule has 0 saturated carbocycles. The zero-order valence-corrected chi connectivity index (χ0v) is 21.2. The van der Waals surface area contributed by atoms with E-state index in [1.165, 1.54) is 20.3 Å². The smallest absolute Gasteiger partial charge is 0.220 e. The summed E-state index contributed by atoms with van der Waals surface area (Å²) in [5, 5.41) is 7.18. The van der Waals surface area contributed by atoms with Crippen LogP contribution in [0.15, 0.2) is 48.9 Å². The van der Waals surface area contributed by atoms with Gasteiger partial charge in [-0.15, -0.1) is 0 Å². The number of carbonyl (C=O) groups excluding carboxylic acids is 1. The van der Waals surface area contributed by atoms with Gasteiger partial charge in [-0.1, -0.05) is 0 Å². The van der Waals surface area contributed by atoms with Crippen molar-refractivity contribution in [2.45, 2.75) is 18.9 Å². The lowest BCUT2D eigenvalue weighted by molar-refractivity contribution is -0.119. The molecule has 0 aliphatic carbocycles. The molecular formula is C25H27FN6O3S. The molecule has 1 aliphatic heterocycles. The molecule has 1 amide bonds. The number of amides is 1. The maximum atomic E-state index is 15.5. The summed E-state index contributed by atoms with van der Waals surface area (Å²) < 4.78 is 27.9. The third kappa shape index (κ3) is 4.92. The minimum atomic E-state index is -0.540. The SMILES string of the molecule is COc1cc(OC)c(F)c(N(CC2CCC(=O)N2)c2ccc3ncc(-c4cnn(C)c4)cc3n2)c1.S. The van der Waals surface area contributed by atoms with Gasteiger partial charge < -0.3 is 19.7 Å². The second-order valence-electron chi connectivity index (χ2n) is 8.41. The fourth-order valence-electron chi connectivity index (χ4n) is 4.25. The van der Waals surface area contributed by atoms with Crippen LogP contribution in [0.25, 0.3) is 22.2 Å². The first-order valence-electron chi connectivity index (χ1n) is 11.2. The van der Waals surface area contributed by atoms with Crippen molar-refractivity contribution in [3.8, 4) is 22.6 Å². The van der Waals surface area contributed by atoms with E-state index in [9.17, 15) is 4.79 Å². The maximum Gasteiger partial charge on any atom is 0.220 e. The first-order valence-corrected chi connectivity index (χ1v) is 11.2. The number of ether oxygens (including phenoxy) is 2. The summed E-state index contributed by atoms with van der Waals surface area (Å²) in [5.41, 5.74) is 3.40. The van der Waals surface area contributed by atoms with Gasteiger partial charge in [0.1, 0.15) is 11.6 Å². The molecule has 11 heteroatoms. The predicted molar refractivity (Wildman–Crippen MR) is 140 cm³/mol. The number of halogens is 1. The zero-order valence-electron chi connectivity index (χ0n) is 20.2. The van der Waals surface area contributed by atoms with Crippen molar-refractivity contribution in [1.82, 2.24) is 25.1 Å². The Bertz CT molecular complexity index is 1410. The summed E-state index contributed by atoms with van der Waals surface area (Å²) in [6.45, 7) is 0.327. The van der Waals surface area contributed by atoms with E-state index >= 15 is 4.39 Å². The van der Waals surface area contributed by atoms with Crippen LogP contribution in [0.3, 0.4) is 0 Å². The molecule has 0 radical (unpaired) electrons. The number of carbonyl (C=O) groups is 1. The lowest BCUT2D eigenvalue weighted by atomic mass is 10.1. The molecule has 1 saturated heterocycles. The Morgan fingerprint density at radius 3 is 2.64 bits per heavy atom. The molecule has 188 valence electrons. The number of nitrogens with one attached hydrogen (secondary N) is 1. The van der Waals surface area contributed by atoms with Gasteiger partial charge in [0, 0.05) is 61.7 Å². The Morgan fingerprint density at radius 2 is 1.97 bits per heavy atom. The van der Waals surface area contributed by atoms with Crippen molar-refractivity contribution >= 4 is 41.9 Å². The fraction of sp³-hybridized carbons (Fsp3) is 0.280. The number of fused-ring (bicyclic) bond motifs is 1. The highest BCUT2D eigenvalue weighted by Crippen LogP contribution is 2.37. The zero-order chi connectivity index (χ0) is 24.5. The number of methoxy groups -OCH3 is 2. The van der Waals surface area contributed by atoms with Crippen LogP contribution in [-0.2, 0) is 11.8 Å². The number of aromatic nitrogens is 4. The molecule has 9 nitrogen and oxygen atoms in total. The summed E-state index contributed by atoms with van der Waals surface area (Å²) in [6, 6.07) is 8.51. The Balaban J connectivity index is 0.00000304. The first kappa shape index (κ1) is 25.2. The van der Waals surface area contributed by atoms with E-state index in [1.807, 2.05) is 25.4 Å². The number of anilines is 2. The van der Waals surface area contributed by atoms with E-state index in [4.69, 9.17) is 14.5 Å². The standard InChI is InChI=1S/C25H25FN6O3.H2S/c1-31-13-16(12-28-31)15-8-20-19(27-11-15)5-6-23(30-20)32(14-17-4-7-24(33)29-17)21-9-18(34-2)10-22(35-3)25(21)26;/h5-6,8-13,17H,4,7,14H2,1-3H3,(H,29,33);1H2. The van der Waals surface area contributed by atoms with Gasteiger partial charge in [-0.25, -0.2) is 9.37 Å². The van der Waals surface area contributed by atoms with Crippen molar-refractivity contribution in [3.05, 3.63) is 54.7 Å². The lowest BCUT2D eigenvalue weighted by Gasteiger charge is -2.28. The highest BCUT2D eigenvalue weighted by molar-refractivity contribution is 7.59. The van der Waals surface area contributed by atoms with Crippen LogP contribution in [0, 0.1) is 5.82 Å². The van der Waals surface area contributed by atoms with E-state index in [-0.39, 0.29) is 36.9 Å². The van der Waals surface area contributed by atoms with Crippen LogP contribution in [0.1, 0.15) is 12.8 Å². The van der Waals surface area contributed by atoms with E-state index in [1.54, 1.807) is 34.1 Å². The number of nitrogens with zero attached hydrogens (tertiary/aromatic N) is 5. The number of rotatable bonds is 7. The van der Waals surface area contributed by atoms with Gasteiger partial charge in [0.2, 0.25) is 5.91 Å². The highest BCUT2D eigenvalue weighted by atomic mass is 32.1. The van der Waals surface area contributed by atoms with Crippen LogP contribution < -0.4 is 19.7 Å². The van der Waals surface area contributed by atoms with Crippen molar-refractivity contribution in [3.63, 3.8) is 0 Å². The molecule has 1 aliphatic rings. The van der Waals surface area contributed by atoms with Crippen molar-refractivity contribution in [1.29, 1.82) is 0 Å². The Hall–Kier alpha value is -3.86. The van der Waals surface area contributed by atoms with Gasteiger partial charge in [-0.3, -0.25) is 14.5 Å². The molecule has 1 unspecified atom stereocenters.